The molecule has 0 aliphatic heterocycles. The molecule has 0 atom stereocenters. The van der Waals surface area contributed by atoms with Gasteiger partial charge in [-0.3, -0.25) is 4.79 Å². The molecule has 0 fully saturated rings. The minimum Gasteiger partial charge on any atom is -0.545 e. The topological polar surface area (TPSA) is 101 Å². The van der Waals surface area contributed by atoms with Gasteiger partial charge in [0.1, 0.15) is 16.5 Å². The van der Waals surface area contributed by atoms with Gasteiger partial charge in [-0.25, -0.2) is 4.98 Å². The number of nitrogens with zero attached hydrogens (tertiary/aromatic N) is 1. The van der Waals surface area contributed by atoms with Gasteiger partial charge < -0.3 is 24.7 Å². The van der Waals surface area contributed by atoms with Crippen LogP contribution in [0.3, 0.4) is 0 Å². The van der Waals surface area contributed by atoms with E-state index in [1.165, 1.54) is 32.5 Å². The molecule has 7 nitrogen and oxygen atoms in total. The Hall–Kier alpha value is -1.10. The fourth-order valence-corrected chi connectivity index (χ4v) is 2.63. The molecule has 2 rings (SSSR count). The van der Waals surface area contributed by atoms with Crippen LogP contribution in [0.1, 0.15) is 10.4 Å². The molecule has 0 radical (unpaired) electrons. The molecular formula is C16H15KN2O5S. The van der Waals surface area contributed by atoms with Crippen molar-refractivity contribution in [2.75, 3.05) is 26.1 Å². The van der Waals surface area contributed by atoms with E-state index in [0.717, 1.165) is 11.8 Å². The number of nitrogens with one attached hydrogen (secondary N) is 1. The van der Waals surface area contributed by atoms with Gasteiger partial charge in [-0.1, -0.05) is 0 Å². The standard InChI is InChI=1S/C16H16N2O5S.K/c1-22-10-5-6-13(23-2)12(8-10)18-9-14(19)24-15-11(16(20)21)4-3-7-17-15;/h3-8,18H,9H2,1-2H3,(H,20,21);/q;+1/p-1. The number of hydrogen-bond donors (Lipinski definition) is 1. The predicted molar refractivity (Wildman–Crippen MR) is 87.5 cm³/mol. The number of thioether (sulfide) groups is 1. The van der Waals surface area contributed by atoms with Gasteiger partial charge in [0.05, 0.1) is 32.4 Å². The quantitative estimate of drug-likeness (QED) is 0.439. The van der Waals surface area contributed by atoms with Crippen molar-refractivity contribution in [1.82, 2.24) is 4.98 Å². The Morgan fingerprint density at radius 1 is 1.24 bits per heavy atom. The summed E-state index contributed by atoms with van der Waals surface area (Å²) in [6.45, 7) is -0.0444. The minimum absolute atomic E-state index is 0. The smallest absolute Gasteiger partial charge is 0.545 e. The van der Waals surface area contributed by atoms with Gasteiger partial charge in [0.2, 0.25) is 5.12 Å². The van der Waals surface area contributed by atoms with Crippen molar-refractivity contribution in [3.8, 4) is 11.5 Å². The van der Waals surface area contributed by atoms with Gasteiger partial charge in [0.25, 0.3) is 0 Å². The Morgan fingerprint density at radius 3 is 2.64 bits per heavy atom. The van der Waals surface area contributed by atoms with E-state index in [1.54, 1.807) is 18.2 Å². The second-order valence-electron chi connectivity index (χ2n) is 4.54. The number of carbonyl (C=O) groups excluding carboxylic acids is 2. The number of carboxylic acid groups (broad SMARTS) is 1. The molecule has 9 heteroatoms. The molecule has 126 valence electrons. The van der Waals surface area contributed by atoms with Crippen LogP contribution in [-0.4, -0.2) is 36.8 Å². The second kappa shape index (κ2) is 10.8. The Balaban J connectivity index is 0.00000312. The van der Waals surface area contributed by atoms with Crippen molar-refractivity contribution in [2.45, 2.75) is 5.03 Å². The molecular weight excluding hydrogens is 371 g/mol. The Bertz CT molecular complexity index is 757. The number of methoxy groups -OCH3 is 2. The minimum atomic E-state index is -1.37. The third-order valence-corrected chi connectivity index (χ3v) is 3.92. The summed E-state index contributed by atoms with van der Waals surface area (Å²) in [4.78, 5) is 27.0. The van der Waals surface area contributed by atoms with Crippen molar-refractivity contribution in [2.24, 2.45) is 0 Å². The maximum atomic E-state index is 12.1. The number of benzene rings is 1. The van der Waals surface area contributed by atoms with Gasteiger partial charge in [-0.15, -0.1) is 0 Å². The van der Waals surface area contributed by atoms with Crippen molar-refractivity contribution in [3.63, 3.8) is 0 Å². The number of anilines is 1. The van der Waals surface area contributed by atoms with Crippen molar-refractivity contribution in [3.05, 3.63) is 42.1 Å². The van der Waals surface area contributed by atoms with Crippen molar-refractivity contribution < 1.29 is 75.6 Å². The SMILES string of the molecule is COc1ccc(OC)c(NCC(=O)Sc2ncccc2C(=O)[O-])c1.[K+]. The fourth-order valence-electron chi connectivity index (χ4n) is 1.89. The summed E-state index contributed by atoms with van der Waals surface area (Å²) in [6, 6.07) is 7.96. The van der Waals surface area contributed by atoms with Crippen LogP contribution in [0.2, 0.25) is 0 Å². The van der Waals surface area contributed by atoms with E-state index in [0.29, 0.717) is 17.2 Å². The molecule has 2 aromatic rings. The van der Waals surface area contributed by atoms with Crippen LogP contribution in [0, 0.1) is 0 Å². The number of aromatic carboxylic acids is 1. The number of ether oxygens (including phenoxy) is 2. The normalized spacial score (nSPS) is 9.68. The van der Waals surface area contributed by atoms with Gasteiger partial charge >= 0.3 is 51.4 Å². The first-order valence-corrected chi connectivity index (χ1v) is 7.69. The molecule has 1 aromatic heterocycles. The van der Waals surface area contributed by atoms with Crippen LogP contribution in [-0.2, 0) is 4.79 Å². The van der Waals surface area contributed by atoms with Crippen LogP contribution < -0.4 is 71.3 Å². The maximum Gasteiger partial charge on any atom is 1.00 e. The van der Waals surface area contributed by atoms with E-state index in [2.05, 4.69) is 10.3 Å². The maximum absolute atomic E-state index is 12.1. The largest absolute Gasteiger partial charge is 1.00 e. The van der Waals surface area contributed by atoms with Crippen LogP contribution in [0.15, 0.2) is 41.6 Å². The third-order valence-electron chi connectivity index (χ3n) is 3.03. The first kappa shape index (κ1) is 21.9. The Labute approximate surface area is 191 Å². The summed E-state index contributed by atoms with van der Waals surface area (Å²) in [5, 5.41) is 13.8. The third kappa shape index (κ3) is 6.28. The van der Waals surface area contributed by atoms with Crippen LogP contribution in [0.25, 0.3) is 0 Å². The number of hydrogen-bond acceptors (Lipinski definition) is 8. The Kier molecular flexibility index (Phi) is 9.47. The molecule has 25 heavy (non-hydrogen) atoms. The molecule has 0 bridgehead atoms. The number of rotatable bonds is 7. The average Bonchev–Trinajstić information content (AvgIpc) is 2.59. The first-order chi connectivity index (χ1) is 11.5. The first-order valence-electron chi connectivity index (χ1n) is 6.88. The number of carboxylic acids is 1. The molecule has 0 spiro atoms. The van der Waals surface area contributed by atoms with Crippen molar-refractivity contribution in [1.29, 1.82) is 0 Å². The zero-order chi connectivity index (χ0) is 17.5. The molecule has 0 aliphatic rings. The van der Waals surface area contributed by atoms with E-state index in [1.807, 2.05) is 0 Å². The van der Waals surface area contributed by atoms with Crippen LogP contribution >= 0.6 is 11.8 Å². The van der Waals surface area contributed by atoms with E-state index in [4.69, 9.17) is 9.47 Å². The summed E-state index contributed by atoms with van der Waals surface area (Å²) >= 11 is 0.736. The molecule has 0 saturated heterocycles. The van der Waals surface area contributed by atoms with Crippen LogP contribution in [0.4, 0.5) is 5.69 Å². The summed E-state index contributed by atoms with van der Waals surface area (Å²) in [5.74, 6) is -0.204. The van der Waals surface area contributed by atoms with Gasteiger partial charge in [-0.05, 0) is 36.0 Å². The van der Waals surface area contributed by atoms with E-state index in [-0.39, 0.29) is 73.6 Å². The van der Waals surface area contributed by atoms with E-state index >= 15 is 0 Å². The molecule has 1 heterocycles. The fraction of sp³-hybridized carbons (Fsp3) is 0.188. The summed E-state index contributed by atoms with van der Waals surface area (Å²) in [6.07, 6.45) is 1.42. The molecule has 0 amide bonds. The number of carbonyl (C=O) groups is 2. The summed E-state index contributed by atoms with van der Waals surface area (Å²) in [7, 11) is 3.05. The van der Waals surface area contributed by atoms with E-state index in [9.17, 15) is 14.7 Å². The molecule has 1 N–H and O–H groups in total. The molecule has 0 unspecified atom stereocenters. The monoisotopic (exact) mass is 386 g/mol. The average molecular weight is 386 g/mol. The second-order valence-corrected chi connectivity index (χ2v) is 5.58. The zero-order valence-electron chi connectivity index (χ0n) is 14.1. The predicted octanol–water partition coefficient (Wildman–Crippen LogP) is -1.80. The Morgan fingerprint density at radius 2 is 2.00 bits per heavy atom. The number of aromatic nitrogens is 1. The molecule has 1 aromatic carbocycles. The number of pyridine rings is 1. The van der Waals surface area contributed by atoms with Crippen molar-refractivity contribution >= 4 is 28.5 Å². The van der Waals surface area contributed by atoms with Gasteiger partial charge in [0, 0.05) is 17.8 Å². The molecule has 0 aliphatic carbocycles. The van der Waals surface area contributed by atoms with Crippen LogP contribution in [0.5, 0.6) is 11.5 Å². The van der Waals surface area contributed by atoms with E-state index < -0.39 is 5.97 Å². The summed E-state index contributed by atoms with van der Waals surface area (Å²) < 4.78 is 10.3. The van der Waals surface area contributed by atoms with Gasteiger partial charge in [0.15, 0.2) is 0 Å². The van der Waals surface area contributed by atoms with Gasteiger partial charge in [-0.2, -0.15) is 0 Å². The zero-order valence-corrected chi connectivity index (χ0v) is 18.0. The molecule has 0 saturated carbocycles. The summed E-state index contributed by atoms with van der Waals surface area (Å²) in [5.41, 5.74) is 0.474.